The van der Waals surface area contributed by atoms with Gasteiger partial charge in [0.1, 0.15) is 0 Å². The summed E-state index contributed by atoms with van der Waals surface area (Å²) in [5.41, 5.74) is 1.37. The van der Waals surface area contributed by atoms with Gasteiger partial charge < -0.3 is 5.32 Å². The summed E-state index contributed by atoms with van der Waals surface area (Å²) >= 11 is 0. The van der Waals surface area contributed by atoms with Crippen molar-refractivity contribution in [2.75, 3.05) is 6.54 Å². The molecule has 0 spiro atoms. The van der Waals surface area contributed by atoms with Crippen molar-refractivity contribution >= 4 is 5.91 Å². The van der Waals surface area contributed by atoms with E-state index in [1.165, 1.54) is 0 Å². The molecule has 0 fully saturated rings. The molecule has 2 aromatic rings. The third kappa shape index (κ3) is 2.18. The van der Waals surface area contributed by atoms with Crippen LogP contribution in [0.3, 0.4) is 0 Å². The molecule has 0 aromatic carbocycles. The number of carbonyl (C=O) groups excluding carboxylic acids is 1. The number of hydrogen-bond donors (Lipinski definition) is 1. The van der Waals surface area contributed by atoms with Gasteiger partial charge in [0.05, 0.1) is 17.5 Å². The van der Waals surface area contributed by atoms with Gasteiger partial charge in [0, 0.05) is 12.7 Å². The fourth-order valence-corrected chi connectivity index (χ4v) is 1.60. The number of nitrogens with one attached hydrogen (secondary N) is 1. The number of amides is 1. The van der Waals surface area contributed by atoms with Gasteiger partial charge in [-0.05, 0) is 26.0 Å². The van der Waals surface area contributed by atoms with E-state index in [1.807, 2.05) is 32.0 Å². The minimum absolute atomic E-state index is 0.104. The predicted molar refractivity (Wildman–Crippen MR) is 64.1 cm³/mol. The molecule has 2 rings (SSSR count). The molecule has 1 N–H and O–H groups in total. The highest BCUT2D eigenvalue weighted by Crippen LogP contribution is 2.11. The summed E-state index contributed by atoms with van der Waals surface area (Å²) in [7, 11) is 0. The molecule has 0 saturated carbocycles. The summed E-state index contributed by atoms with van der Waals surface area (Å²) in [5.74, 6) is 0.604. The molecule has 0 bridgehead atoms. The normalized spacial score (nSPS) is 10.2. The highest BCUT2D eigenvalue weighted by molar-refractivity contribution is 5.95. The summed E-state index contributed by atoms with van der Waals surface area (Å²) in [5, 5.41) is 6.94. The average Bonchev–Trinajstić information content (AvgIpc) is 2.72. The van der Waals surface area contributed by atoms with E-state index in [0.29, 0.717) is 17.9 Å². The minimum Gasteiger partial charge on any atom is -0.352 e. The molecule has 5 nitrogen and oxygen atoms in total. The summed E-state index contributed by atoms with van der Waals surface area (Å²) in [4.78, 5) is 15.9. The zero-order valence-corrected chi connectivity index (χ0v) is 9.84. The van der Waals surface area contributed by atoms with Crippen molar-refractivity contribution in [3.63, 3.8) is 0 Å². The Morgan fingerprint density at radius 3 is 2.94 bits per heavy atom. The minimum atomic E-state index is -0.104. The lowest BCUT2D eigenvalue weighted by Crippen LogP contribution is -2.23. The van der Waals surface area contributed by atoms with E-state index in [1.54, 1.807) is 17.1 Å². The molecule has 0 radical (unpaired) electrons. The molecule has 0 saturated heterocycles. The maximum absolute atomic E-state index is 11.7. The first-order chi connectivity index (χ1) is 8.24. The topological polar surface area (TPSA) is 59.8 Å². The Labute approximate surface area is 99.5 Å². The molecule has 1 amide bonds. The van der Waals surface area contributed by atoms with Crippen molar-refractivity contribution in [3.05, 3.63) is 41.9 Å². The molecular formula is C12H14N4O. The summed E-state index contributed by atoms with van der Waals surface area (Å²) in [6, 6.07) is 5.57. The van der Waals surface area contributed by atoms with Gasteiger partial charge in [-0.2, -0.15) is 5.10 Å². The van der Waals surface area contributed by atoms with Crippen LogP contribution < -0.4 is 5.32 Å². The van der Waals surface area contributed by atoms with Crippen LogP contribution in [-0.4, -0.2) is 27.2 Å². The van der Waals surface area contributed by atoms with E-state index in [0.717, 1.165) is 5.69 Å². The van der Waals surface area contributed by atoms with Crippen LogP contribution in [0.1, 0.15) is 23.0 Å². The first-order valence-electron chi connectivity index (χ1n) is 5.48. The Balaban J connectivity index is 2.37. The second-order valence-corrected chi connectivity index (χ2v) is 3.60. The second-order valence-electron chi connectivity index (χ2n) is 3.60. The van der Waals surface area contributed by atoms with Gasteiger partial charge in [-0.1, -0.05) is 6.07 Å². The van der Waals surface area contributed by atoms with Crippen molar-refractivity contribution in [3.8, 4) is 5.82 Å². The molecule has 5 heteroatoms. The number of rotatable bonds is 3. The SMILES string of the molecule is CCNC(=O)c1cnn(-c2ccccn2)c1C. The van der Waals surface area contributed by atoms with Gasteiger partial charge in [-0.25, -0.2) is 9.67 Å². The molecule has 0 atom stereocenters. The maximum Gasteiger partial charge on any atom is 0.254 e. The van der Waals surface area contributed by atoms with E-state index in [2.05, 4.69) is 15.4 Å². The Hall–Kier alpha value is -2.17. The Morgan fingerprint density at radius 1 is 1.47 bits per heavy atom. The van der Waals surface area contributed by atoms with Crippen LogP contribution in [0, 0.1) is 6.92 Å². The third-order valence-electron chi connectivity index (χ3n) is 2.46. The van der Waals surface area contributed by atoms with E-state index in [-0.39, 0.29) is 5.91 Å². The fraction of sp³-hybridized carbons (Fsp3) is 0.250. The Morgan fingerprint density at radius 2 is 2.29 bits per heavy atom. The third-order valence-corrected chi connectivity index (χ3v) is 2.46. The molecule has 0 aliphatic carbocycles. The van der Waals surface area contributed by atoms with Crippen LogP contribution >= 0.6 is 0 Å². The highest BCUT2D eigenvalue weighted by Gasteiger charge is 2.14. The fourth-order valence-electron chi connectivity index (χ4n) is 1.60. The largest absolute Gasteiger partial charge is 0.352 e. The number of pyridine rings is 1. The number of aromatic nitrogens is 3. The molecule has 17 heavy (non-hydrogen) atoms. The first-order valence-corrected chi connectivity index (χ1v) is 5.48. The van der Waals surface area contributed by atoms with Gasteiger partial charge in [0.2, 0.25) is 0 Å². The maximum atomic E-state index is 11.7. The Bertz CT molecular complexity index is 519. The molecular weight excluding hydrogens is 216 g/mol. The van der Waals surface area contributed by atoms with Crippen LogP contribution in [0.2, 0.25) is 0 Å². The van der Waals surface area contributed by atoms with Crippen molar-refractivity contribution in [2.45, 2.75) is 13.8 Å². The first kappa shape index (κ1) is 11.3. The van der Waals surface area contributed by atoms with Crippen LogP contribution in [0.5, 0.6) is 0 Å². The Kier molecular flexibility index (Phi) is 3.18. The van der Waals surface area contributed by atoms with Crippen molar-refractivity contribution < 1.29 is 4.79 Å². The van der Waals surface area contributed by atoms with Gasteiger partial charge in [-0.3, -0.25) is 4.79 Å². The quantitative estimate of drug-likeness (QED) is 0.865. The second kappa shape index (κ2) is 4.78. The number of hydrogen-bond acceptors (Lipinski definition) is 3. The number of carbonyl (C=O) groups is 1. The molecule has 0 aliphatic heterocycles. The zero-order chi connectivity index (χ0) is 12.3. The van der Waals surface area contributed by atoms with Crippen molar-refractivity contribution in [1.29, 1.82) is 0 Å². The summed E-state index contributed by atoms with van der Waals surface area (Å²) in [6.07, 6.45) is 3.26. The standard InChI is InChI=1S/C12H14N4O/c1-3-13-12(17)10-8-15-16(9(10)2)11-6-4-5-7-14-11/h4-8H,3H2,1-2H3,(H,13,17). The zero-order valence-electron chi connectivity index (χ0n) is 9.84. The van der Waals surface area contributed by atoms with Gasteiger partial charge in [0.25, 0.3) is 5.91 Å². The van der Waals surface area contributed by atoms with Crippen molar-refractivity contribution in [1.82, 2.24) is 20.1 Å². The van der Waals surface area contributed by atoms with E-state index in [9.17, 15) is 4.79 Å². The lowest BCUT2D eigenvalue weighted by atomic mass is 10.2. The predicted octanol–water partition coefficient (Wildman–Crippen LogP) is 1.33. The summed E-state index contributed by atoms with van der Waals surface area (Å²) in [6.45, 7) is 4.34. The van der Waals surface area contributed by atoms with Gasteiger partial charge in [0.15, 0.2) is 5.82 Å². The van der Waals surface area contributed by atoms with Crippen LogP contribution in [0.25, 0.3) is 5.82 Å². The molecule has 0 aliphatic rings. The van der Waals surface area contributed by atoms with Crippen LogP contribution in [-0.2, 0) is 0 Å². The van der Waals surface area contributed by atoms with Crippen LogP contribution in [0.15, 0.2) is 30.6 Å². The lowest BCUT2D eigenvalue weighted by Gasteiger charge is -2.04. The van der Waals surface area contributed by atoms with Gasteiger partial charge in [-0.15, -0.1) is 0 Å². The van der Waals surface area contributed by atoms with E-state index in [4.69, 9.17) is 0 Å². The van der Waals surface area contributed by atoms with E-state index >= 15 is 0 Å². The summed E-state index contributed by atoms with van der Waals surface area (Å²) < 4.78 is 1.66. The monoisotopic (exact) mass is 230 g/mol. The smallest absolute Gasteiger partial charge is 0.254 e. The van der Waals surface area contributed by atoms with Crippen molar-refractivity contribution in [2.24, 2.45) is 0 Å². The molecule has 88 valence electrons. The molecule has 2 aromatic heterocycles. The average molecular weight is 230 g/mol. The lowest BCUT2D eigenvalue weighted by molar-refractivity contribution is 0.0955. The molecule has 0 unspecified atom stereocenters. The van der Waals surface area contributed by atoms with Crippen LogP contribution in [0.4, 0.5) is 0 Å². The molecule has 2 heterocycles. The number of nitrogens with zero attached hydrogens (tertiary/aromatic N) is 3. The highest BCUT2D eigenvalue weighted by atomic mass is 16.1. The van der Waals surface area contributed by atoms with Gasteiger partial charge >= 0.3 is 0 Å². The van der Waals surface area contributed by atoms with E-state index < -0.39 is 0 Å².